The fourth-order valence-electron chi connectivity index (χ4n) is 5.52. The molecule has 3 aliphatic carbocycles. The third-order valence-electron chi connectivity index (χ3n) is 6.81. The van der Waals surface area contributed by atoms with Crippen molar-refractivity contribution in [2.45, 2.75) is 45.4 Å². The number of ketones is 1. The molecule has 5 rings (SSSR count). The first kappa shape index (κ1) is 14.9. The van der Waals surface area contributed by atoms with Gasteiger partial charge in [0.25, 0.3) is 0 Å². The predicted molar refractivity (Wildman–Crippen MR) is 91.1 cm³/mol. The van der Waals surface area contributed by atoms with E-state index in [1.165, 1.54) is 0 Å². The zero-order chi connectivity index (χ0) is 17.9. The van der Waals surface area contributed by atoms with Gasteiger partial charge in [-0.1, -0.05) is 13.8 Å². The van der Waals surface area contributed by atoms with Gasteiger partial charge in [-0.05, 0) is 49.2 Å². The summed E-state index contributed by atoms with van der Waals surface area (Å²) in [6.45, 7) is 5.74. The molecule has 25 heavy (non-hydrogen) atoms. The van der Waals surface area contributed by atoms with E-state index in [1.807, 2.05) is 6.92 Å². The minimum absolute atomic E-state index is 0.0113. The number of fused-ring (bicyclic) bond motifs is 6. The fourth-order valence-corrected chi connectivity index (χ4v) is 5.52. The summed E-state index contributed by atoms with van der Waals surface area (Å²) in [4.78, 5) is 12.9. The number of rotatable bonds is 0. The van der Waals surface area contributed by atoms with Crippen LogP contribution in [0.25, 0.3) is 11.0 Å². The number of phenols is 2. The normalized spacial score (nSPS) is 33.2. The average molecular weight is 340 g/mol. The maximum absolute atomic E-state index is 12.9. The van der Waals surface area contributed by atoms with Crippen LogP contribution < -0.4 is 0 Å². The summed E-state index contributed by atoms with van der Waals surface area (Å²) < 4.78 is 5.59. The predicted octanol–water partition coefficient (Wildman–Crippen LogP) is 4.24. The van der Waals surface area contributed by atoms with Gasteiger partial charge in [-0.3, -0.25) is 4.79 Å². The Morgan fingerprint density at radius 2 is 1.92 bits per heavy atom. The highest BCUT2D eigenvalue weighted by molar-refractivity contribution is 6.16. The van der Waals surface area contributed by atoms with Crippen molar-refractivity contribution in [3.63, 3.8) is 0 Å². The molecule has 2 aromatic rings. The van der Waals surface area contributed by atoms with E-state index in [9.17, 15) is 20.1 Å². The van der Waals surface area contributed by atoms with Crippen LogP contribution in [0.1, 0.15) is 54.8 Å². The first-order valence-corrected chi connectivity index (χ1v) is 8.67. The van der Waals surface area contributed by atoms with Crippen LogP contribution in [-0.4, -0.2) is 21.1 Å². The zero-order valence-corrected chi connectivity index (χ0v) is 14.4. The lowest BCUT2D eigenvalue weighted by molar-refractivity contribution is 0.0947. The first-order valence-electron chi connectivity index (χ1n) is 8.67. The molecule has 0 spiro atoms. The largest absolute Gasteiger partial charge is 0.506 e. The Hall–Kier alpha value is -2.43. The maximum Gasteiger partial charge on any atom is 0.231 e. The van der Waals surface area contributed by atoms with E-state index >= 15 is 0 Å². The van der Waals surface area contributed by atoms with Gasteiger partial charge in [-0.2, -0.15) is 0 Å². The number of furan rings is 1. The second-order valence-corrected chi connectivity index (χ2v) is 8.29. The molecule has 0 saturated heterocycles. The second kappa shape index (κ2) is 4.03. The Balaban J connectivity index is 1.93. The van der Waals surface area contributed by atoms with E-state index in [-0.39, 0.29) is 33.8 Å². The topological polar surface area (TPSA) is 90.9 Å². The summed E-state index contributed by atoms with van der Waals surface area (Å²) in [5.41, 5.74) is 0.428. The summed E-state index contributed by atoms with van der Waals surface area (Å²) in [5, 5.41) is 32.8. The van der Waals surface area contributed by atoms with Crippen molar-refractivity contribution in [1.82, 2.24) is 0 Å². The Morgan fingerprint density at radius 3 is 2.64 bits per heavy atom. The minimum Gasteiger partial charge on any atom is -0.506 e. The molecule has 1 heterocycles. The van der Waals surface area contributed by atoms with E-state index < -0.39 is 11.2 Å². The summed E-state index contributed by atoms with van der Waals surface area (Å²) in [6.07, 6.45) is 2.62. The quantitative estimate of drug-likeness (QED) is 0.624. The number of aromatic hydroxyl groups is 2. The highest BCUT2D eigenvalue weighted by Crippen LogP contribution is 2.71. The van der Waals surface area contributed by atoms with E-state index in [1.54, 1.807) is 13.0 Å². The van der Waals surface area contributed by atoms with Crippen LogP contribution in [0, 0.1) is 18.3 Å². The lowest BCUT2D eigenvalue weighted by atomic mass is 9.58. The Morgan fingerprint density at radius 1 is 1.20 bits per heavy atom. The van der Waals surface area contributed by atoms with Crippen molar-refractivity contribution in [2.75, 3.05) is 0 Å². The van der Waals surface area contributed by atoms with Crippen LogP contribution in [0.3, 0.4) is 0 Å². The van der Waals surface area contributed by atoms with Gasteiger partial charge in [-0.15, -0.1) is 0 Å². The van der Waals surface area contributed by atoms with Crippen LogP contribution in [0.5, 0.6) is 11.5 Å². The number of benzene rings is 1. The molecule has 3 aliphatic rings. The number of carbonyl (C=O) groups excluding carboxylic acids is 1. The molecule has 1 aromatic heterocycles. The van der Waals surface area contributed by atoms with Crippen molar-refractivity contribution in [3.8, 4) is 11.5 Å². The van der Waals surface area contributed by atoms with Crippen LogP contribution in [0.2, 0.25) is 0 Å². The van der Waals surface area contributed by atoms with E-state index in [0.29, 0.717) is 34.6 Å². The van der Waals surface area contributed by atoms with E-state index in [2.05, 4.69) is 6.92 Å². The van der Waals surface area contributed by atoms with Gasteiger partial charge in [0.1, 0.15) is 11.5 Å². The molecule has 0 unspecified atom stereocenters. The maximum atomic E-state index is 12.9. The molecule has 0 radical (unpaired) electrons. The monoisotopic (exact) mass is 340 g/mol. The van der Waals surface area contributed by atoms with Gasteiger partial charge in [-0.25, -0.2) is 0 Å². The molecule has 130 valence electrons. The molecule has 5 heteroatoms. The molecular weight excluding hydrogens is 320 g/mol. The van der Waals surface area contributed by atoms with Crippen molar-refractivity contribution >= 4 is 16.8 Å². The van der Waals surface area contributed by atoms with Crippen molar-refractivity contribution in [1.29, 1.82) is 0 Å². The number of hydrogen-bond donors (Lipinski definition) is 3. The molecular formula is C20H20O5. The van der Waals surface area contributed by atoms with Gasteiger partial charge < -0.3 is 19.7 Å². The number of phenolic OH excluding ortho intramolecular Hbond substituents is 2. The van der Waals surface area contributed by atoms with Gasteiger partial charge in [0.15, 0.2) is 17.1 Å². The number of aliphatic hydroxyl groups excluding tert-OH is 1. The van der Waals surface area contributed by atoms with Crippen LogP contribution in [0.15, 0.2) is 21.8 Å². The Labute approximate surface area is 144 Å². The average Bonchev–Trinajstić information content (AvgIpc) is 3.05. The van der Waals surface area contributed by atoms with Gasteiger partial charge >= 0.3 is 0 Å². The van der Waals surface area contributed by atoms with E-state index in [0.717, 1.165) is 12.8 Å². The molecule has 2 fully saturated rings. The van der Waals surface area contributed by atoms with Crippen LogP contribution >= 0.6 is 0 Å². The number of aliphatic hydroxyl groups is 1. The lowest BCUT2D eigenvalue weighted by Crippen LogP contribution is -2.40. The second-order valence-electron chi connectivity index (χ2n) is 8.29. The SMILES string of the molecule is Cc1cc2c(O)c3c(c(O)c2o1)[C@@]1(C)CC[C@H]2C[C@@]2(C)C1=C(O)C3=O. The third kappa shape index (κ3) is 1.49. The number of allylic oxidation sites excluding steroid dienone is 2. The van der Waals surface area contributed by atoms with Crippen molar-refractivity contribution < 1.29 is 24.5 Å². The van der Waals surface area contributed by atoms with Gasteiger partial charge in [0.2, 0.25) is 5.78 Å². The van der Waals surface area contributed by atoms with E-state index in [4.69, 9.17) is 4.42 Å². The molecule has 3 atom stereocenters. The fraction of sp³-hybridized carbons (Fsp3) is 0.450. The van der Waals surface area contributed by atoms with Crippen LogP contribution in [-0.2, 0) is 5.41 Å². The van der Waals surface area contributed by atoms with Crippen LogP contribution in [0.4, 0.5) is 0 Å². The van der Waals surface area contributed by atoms with Crippen molar-refractivity contribution in [2.24, 2.45) is 11.3 Å². The number of hydrogen-bond acceptors (Lipinski definition) is 5. The molecule has 1 aromatic carbocycles. The molecule has 0 amide bonds. The highest BCUT2D eigenvalue weighted by atomic mass is 16.4. The first-order chi connectivity index (χ1) is 11.7. The zero-order valence-electron chi connectivity index (χ0n) is 14.4. The Kier molecular flexibility index (Phi) is 2.40. The summed E-state index contributed by atoms with van der Waals surface area (Å²) in [6, 6.07) is 1.59. The molecule has 5 nitrogen and oxygen atoms in total. The molecule has 3 N–H and O–H groups in total. The number of carbonyl (C=O) groups is 1. The standard InChI is InChI=1S/C20H20O5/c1-8-6-10-13(21)11-12(15(23)17(10)25-8)19(2)5-4-9-7-20(9,3)18(19)16(24)14(11)22/h6,9,21,23-24H,4-5,7H2,1-3H3/t9-,19+,20+/m0/s1. The minimum atomic E-state index is -0.689. The van der Waals surface area contributed by atoms with Gasteiger partial charge in [0.05, 0.1) is 10.9 Å². The summed E-state index contributed by atoms with van der Waals surface area (Å²) in [5.74, 6) is -0.175. The third-order valence-corrected chi connectivity index (χ3v) is 6.81. The van der Waals surface area contributed by atoms with Crippen molar-refractivity contribution in [3.05, 3.63) is 34.3 Å². The number of Topliss-reactive ketones (excluding diaryl/α,β-unsaturated/α-hetero) is 1. The molecule has 0 aliphatic heterocycles. The smallest absolute Gasteiger partial charge is 0.231 e. The molecule has 2 saturated carbocycles. The lowest BCUT2D eigenvalue weighted by Gasteiger charge is -2.44. The van der Waals surface area contributed by atoms with Gasteiger partial charge in [0, 0.05) is 11.0 Å². The summed E-state index contributed by atoms with van der Waals surface area (Å²) >= 11 is 0. The number of aryl methyl sites for hydroxylation is 1. The highest BCUT2D eigenvalue weighted by Gasteiger charge is 2.64. The summed E-state index contributed by atoms with van der Waals surface area (Å²) in [7, 11) is 0. The Bertz CT molecular complexity index is 1030. The molecule has 0 bridgehead atoms.